The molecule has 4 nitrogen and oxygen atoms in total. The fraction of sp³-hybridized carbons (Fsp3) is 0.273. The van der Waals surface area contributed by atoms with Gasteiger partial charge in [-0.2, -0.15) is 0 Å². The normalized spacial score (nSPS) is 22.4. The Morgan fingerprint density at radius 2 is 2.00 bits per heavy atom. The van der Waals surface area contributed by atoms with E-state index < -0.39 is 10.0 Å². The lowest BCUT2D eigenvalue weighted by Gasteiger charge is -2.09. The summed E-state index contributed by atoms with van der Waals surface area (Å²) in [5.74, 6) is 0. The highest BCUT2D eigenvalue weighted by atomic mass is 32.2. The van der Waals surface area contributed by atoms with Crippen molar-refractivity contribution >= 4 is 10.0 Å². The van der Waals surface area contributed by atoms with Gasteiger partial charge in [-0.3, -0.25) is 0 Å². The van der Waals surface area contributed by atoms with Crippen LogP contribution in [0.1, 0.15) is 5.56 Å². The van der Waals surface area contributed by atoms with E-state index in [1.54, 1.807) is 6.08 Å². The van der Waals surface area contributed by atoms with Gasteiger partial charge in [-0.1, -0.05) is 36.4 Å². The van der Waals surface area contributed by atoms with E-state index in [9.17, 15) is 8.42 Å². The SMILES string of the molecule is O=S1(=O)C=C[C@H](COCc2ccccc2)N1. The van der Waals surface area contributed by atoms with E-state index in [2.05, 4.69) is 4.72 Å². The Balaban J connectivity index is 1.76. The van der Waals surface area contributed by atoms with Gasteiger partial charge < -0.3 is 4.74 Å². The molecular weight excluding hydrogens is 226 g/mol. The van der Waals surface area contributed by atoms with E-state index in [0.29, 0.717) is 13.2 Å². The Labute approximate surface area is 95.0 Å². The molecule has 1 aliphatic rings. The Bertz CT molecular complexity index is 467. The minimum absolute atomic E-state index is 0.242. The van der Waals surface area contributed by atoms with Crippen molar-refractivity contribution in [2.45, 2.75) is 12.6 Å². The smallest absolute Gasteiger partial charge is 0.234 e. The van der Waals surface area contributed by atoms with Gasteiger partial charge in [0.2, 0.25) is 10.0 Å². The van der Waals surface area contributed by atoms with Crippen LogP contribution in [-0.4, -0.2) is 21.1 Å². The Morgan fingerprint density at radius 1 is 1.25 bits per heavy atom. The molecule has 1 aliphatic heterocycles. The Morgan fingerprint density at radius 3 is 2.62 bits per heavy atom. The number of ether oxygens (including phenoxy) is 1. The lowest BCUT2D eigenvalue weighted by molar-refractivity contribution is 0.114. The van der Waals surface area contributed by atoms with Gasteiger partial charge in [0, 0.05) is 5.41 Å². The third-order valence-electron chi connectivity index (χ3n) is 2.21. The van der Waals surface area contributed by atoms with Crippen LogP contribution in [-0.2, 0) is 21.4 Å². The molecule has 0 fully saturated rings. The molecular formula is C11H13NO3S. The van der Waals surface area contributed by atoms with Crippen molar-refractivity contribution in [1.82, 2.24) is 4.72 Å². The molecule has 0 aliphatic carbocycles. The van der Waals surface area contributed by atoms with Crippen LogP contribution in [0.2, 0.25) is 0 Å². The Hall–Kier alpha value is -1.17. The molecule has 1 atom stereocenters. The molecule has 0 radical (unpaired) electrons. The summed E-state index contributed by atoms with van der Waals surface area (Å²) >= 11 is 0. The average Bonchev–Trinajstić information content (AvgIpc) is 2.60. The molecule has 1 aromatic rings. The third-order valence-corrected chi connectivity index (χ3v) is 3.36. The zero-order chi connectivity index (χ0) is 11.4. The Kier molecular flexibility index (Phi) is 3.38. The van der Waals surface area contributed by atoms with Gasteiger partial charge in [-0.15, -0.1) is 0 Å². The van der Waals surface area contributed by atoms with Gasteiger partial charge in [0.15, 0.2) is 0 Å². The lowest BCUT2D eigenvalue weighted by Crippen LogP contribution is -2.30. The summed E-state index contributed by atoms with van der Waals surface area (Å²) in [7, 11) is -3.20. The zero-order valence-electron chi connectivity index (χ0n) is 8.67. The van der Waals surface area contributed by atoms with E-state index in [4.69, 9.17) is 4.74 Å². The minimum atomic E-state index is -3.20. The van der Waals surface area contributed by atoms with Crippen LogP contribution in [0, 0.1) is 0 Å². The number of rotatable bonds is 4. The van der Waals surface area contributed by atoms with Gasteiger partial charge in [0.05, 0.1) is 19.3 Å². The second kappa shape index (κ2) is 4.78. The summed E-state index contributed by atoms with van der Waals surface area (Å²) in [6.45, 7) is 0.845. The van der Waals surface area contributed by atoms with Gasteiger partial charge in [-0.25, -0.2) is 13.1 Å². The molecule has 1 N–H and O–H groups in total. The number of hydrogen-bond donors (Lipinski definition) is 1. The van der Waals surface area contributed by atoms with Crippen LogP contribution in [0.3, 0.4) is 0 Å². The van der Waals surface area contributed by atoms with Gasteiger partial charge in [-0.05, 0) is 5.56 Å². The topological polar surface area (TPSA) is 55.4 Å². The molecule has 2 rings (SSSR count). The van der Waals surface area contributed by atoms with Gasteiger partial charge in [0.25, 0.3) is 0 Å². The quantitative estimate of drug-likeness (QED) is 0.853. The highest BCUT2D eigenvalue weighted by Crippen LogP contribution is 2.06. The van der Waals surface area contributed by atoms with E-state index in [1.165, 1.54) is 5.41 Å². The van der Waals surface area contributed by atoms with E-state index in [0.717, 1.165) is 5.56 Å². The van der Waals surface area contributed by atoms with Crippen LogP contribution in [0.4, 0.5) is 0 Å². The molecule has 0 saturated heterocycles. The average molecular weight is 239 g/mol. The number of hydrogen-bond acceptors (Lipinski definition) is 3. The first-order valence-corrected chi connectivity index (χ1v) is 6.52. The van der Waals surface area contributed by atoms with Crippen molar-refractivity contribution in [3.8, 4) is 0 Å². The predicted molar refractivity (Wildman–Crippen MR) is 61.1 cm³/mol. The summed E-state index contributed by atoms with van der Waals surface area (Å²) in [5, 5.41) is 1.17. The van der Waals surface area contributed by atoms with E-state index in [1.807, 2.05) is 30.3 Å². The molecule has 1 aromatic carbocycles. The summed E-state index contributed by atoms with van der Waals surface area (Å²) < 4.78 is 29.9. The first-order chi connectivity index (χ1) is 7.66. The van der Waals surface area contributed by atoms with Crippen molar-refractivity contribution in [2.75, 3.05) is 6.61 Å². The van der Waals surface area contributed by atoms with Crippen molar-refractivity contribution in [3.05, 3.63) is 47.4 Å². The molecule has 0 aromatic heterocycles. The van der Waals surface area contributed by atoms with Gasteiger partial charge >= 0.3 is 0 Å². The molecule has 0 amide bonds. The number of benzene rings is 1. The molecule has 5 heteroatoms. The standard InChI is InChI=1S/C11H13NO3S/c13-16(14)7-6-11(12-16)9-15-8-10-4-2-1-3-5-10/h1-7,11-12H,8-9H2/t11-/m1/s1. The minimum Gasteiger partial charge on any atom is -0.375 e. The van der Waals surface area contributed by atoms with Crippen molar-refractivity contribution in [2.24, 2.45) is 0 Å². The number of nitrogens with one attached hydrogen (secondary N) is 1. The predicted octanol–water partition coefficient (Wildman–Crippen LogP) is 1.02. The van der Waals surface area contributed by atoms with E-state index >= 15 is 0 Å². The summed E-state index contributed by atoms with van der Waals surface area (Å²) in [4.78, 5) is 0. The van der Waals surface area contributed by atoms with Crippen LogP contribution in [0.25, 0.3) is 0 Å². The van der Waals surface area contributed by atoms with Gasteiger partial charge in [0.1, 0.15) is 0 Å². The largest absolute Gasteiger partial charge is 0.375 e. The summed E-state index contributed by atoms with van der Waals surface area (Å²) in [6, 6.07) is 9.52. The maximum Gasteiger partial charge on any atom is 0.234 e. The highest BCUT2D eigenvalue weighted by Gasteiger charge is 2.19. The maximum atomic E-state index is 11.0. The third kappa shape index (κ3) is 3.16. The van der Waals surface area contributed by atoms with Crippen molar-refractivity contribution in [3.63, 3.8) is 0 Å². The molecule has 1 heterocycles. The van der Waals surface area contributed by atoms with Crippen LogP contribution >= 0.6 is 0 Å². The first-order valence-electron chi connectivity index (χ1n) is 4.98. The molecule has 0 unspecified atom stereocenters. The monoisotopic (exact) mass is 239 g/mol. The first kappa shape index (κ1) is 11.3. The molecule has 0 bridgehead atoms. The van der Waals surface area contributed by atoms with Crippen molar-refractivity contribution < 1.29 is 13.2 Å². The fourth-order valence-electron chi connectivity index (χ4n) is 1.46. The summed E-state index contributed by atoms with van der Waals surface area (Å²) in [5.41, 5.74) is 1.08. The zero-order valence-corrected chi connectivity index (χ0v) is 9.48. The van der Waals surface area contributed by atoms with Crippen LogP contribution < -0.4 is 4.72 Å². The van der Waals surface area contributed by atoms with E-state index in [-0.39, 0.29) is 6.04 Å². The second-order valence-electron chi connectivity index (χ2n) is 3.60. The molecule has 86 valence electrons. The number of sulfonamides is 1. The summed E-state index contributed by atoms with van der Waals surface area (Å²) in [6.07, 6.45) is 1.60. The lowest BCUT2D eigenvalue weighted by atomic mass is 10.2. The van der Waals surface area contributed by atoms with Crippen LogP contribution in [0.5, 0.6) is 0 Å². The van der Waals surface area contributed by atoms with Crippen LogP contribution in [0.15, 0.2) is 41.8 Å². The fourth-order valence-corrected chi connectivity index (χ4v) is 2.50. The highest BCUT2D eigenvalue weighted by molar-refractivity contribution is 7.92. The molecule has 0 spiro atoms. The van der Waals surface area contributed by atoms with Crippen molar-refractivity contribution in [1.29, 1.82) is 0 Å². The maximum absolute atomic E-state index is 11.0. The molecule has 16 heavy (non-hydrogen) atoms. The molecule has 0 saturated carbocycles. The second-order valence-corrected chi connectivity index (χ2v) is 5.20.